The van der Waals surface area contributed by atoms with Gasteiger partial charge in [0.05, 0.1) is 11.6 Å². The second-order valence-corrected chi connectivity index (χ2v) is 4.50. The van der Waals surface area contributed by atoms with Crippen LogP contribution in [0, 0.1) is 0 Å². The zero-order valence-corrected chi connectivity index (χ0v) is 10.1. The van der Waals surface area contributed by atoms with Crippen LogP contribution in [-0.4, -0.2) is 45.4 Å². The summed E-state index contributed by atoms with van der Waals surface area (Å²) in [4.78, 5) is 11.0. The molecule has 1 aliphatic rings. The highest BCUT2D eigenvalue weighted by molar-refractivity contribution is 5.86. The predicted octanol–water partition coefficient (Wildman–Crippen LogP) is 0.161. The van der Waals surface area contributed by atoms with Crippen LogP contribution < -0.4 is 10.2 Å². The summed E-state index contributed by atoms with van der Waals surface area (Å²) in [6, 6.07) is 0.491. The molecule has 0 bridgehead atoms. The van der Waals surface area contributed by atoms with Gasteiger partial charge in [-0.05, 0) is 6.92 Å². The first-order valence-corrected chi connectivity index (χ1v) is 5.87. The largest absolute Gasteiger partial charge is 0.353 e. The van der Waals surface area contributed by atoms with Crippen LogP contribution in [0.1, 0.15) is 6.92 Å². The minimum Gasteiger partial charge on any atom is -0.353 e. The molecule has 1 fully saturated rings. The van der Waals surface area contributed by atoms with Crippen LogP contribution in [0.15, 0.2) is 12.5 Å². The zero-order valence-electron chi connectivity index (χ0n) is 10.1. The van der Waals surface area contributed by atoms with Gasteiger partial charge in [0.15, 0.2) is 5.65 Å². The number of nitrogens with zero attached hydrogens (tertiary/aromatic N) is 5. The second-order valence-electron chi connectivity index (χ2n) is 4.50. The van der Waals surface area contributed by atoms with Crippen molar-refractivity contribution in [2.24, 2.45) is 7.05 Å². The number of hydrogen-bond acceptors (Lipinski definition) is 5. The van der Waals surface area contributed by atoms with Crippen molar-refractivity contribution in [3.05, 3.63) is 12.5 Å². The highest BCUT2D eigenvalue weighted by Gasteiger charge is 2.19. The Morgan fingerprint density at radius 3 is 3.12 bits per heavy atom. The lowest BCUT2D eigenvalue weighted by Gasteiger charge is -2.32. The second kappa shape index (κ2) is 3.96. The molecule has 0 aromatic carbocycles. The van der Waals surface area contributed by atoms with Crippen molar-refractivity contribution >= 4 is 16.9 Å². The Labute approximate surface area is 99.7 Å². The van der Waals surface area contributed by atoms with Crippen molar-refractivity contribution in [3.8, 4) is 0 Å². The molecule has 6 heteroatoms. The van der Waals surface area contributed by atoms with E-state index in [2.05, 4.69) is 32.2 Å². The van der Waals surface area contributed by atoms with Crippen LogP contribution in [0.4, 0.5) is 5.82 Å². The van der Waals surface area contributed by atoms with Crippen LogP contribution in [0.3, 0.4) is 0 Å². The summed E-state index contributed by atoms with van der Waals surface area (Å²) in [5, 5.41) is 8.70. The molecule has 2 aromatic rings. The molecule has 6 nitrogen and oxygen atoms in total. The van der Waals surface area contributed by atoms with Crippen LogP contribution in [0.25, 0.3) is 11.0 Å². The van der Waals surface area contributed by atoms with Crippen molar-refractivity contribution in [2.45, 2.75) is 13.0 Å². The summed E-state index contributed by atoms with van der Waals surface area (Å²) in [6.45, 7) is 5.13. The molecule has 3 rings (SSSR count). The number of hydrogen-bond donors (Lipinski definition) is 1. The maximum Gasteiger partial charge on any atom is 0.163 e. The number of fused-ring (bicyclic) bond motifs is 1. The molecule has 1 N–H and O–H groups in total. The first-order valence-electron chi connectivity index (χ1n) is 5.87. The van der Waals surface area contributed by atoms with Gasteiger partial charge in [0.1, 0.15) is 12.1 Å². The van der Waals surface area contributed by atoms with E-state index in [1.165, 1.54) is 0 Å². The standard InChI is InChI=1S/C11H16N6/c1-8-6-17(4-3-12-8)11-9-5-15-16(2)10(9)13-7-14-11/h5,7-8,12H,3-4,6H2,1-2H3/t8-/m0/s1. The van der Waals surface area contributed by atoms with E-state index in [1.54, 1.807) is 11.0 Å². The van der Waals surface area contributed by atoms with Gasteiger partial charge in [-0.3, -0.25) is 4.68 Å². The van der Waals surface area contributed by atoms with Gasteiger partial charge in [-0.1, -0.05) is 0 Å². The van der Waals surface area contributed by atoms with Crippen LogP contribution >= 0.6 is 0 Å². The Bertz CT molecular complexity index is 534. The summed E-state index contributed by atoms with van der Waals surface area (Å²) in [6.07, 6.45) is 3.46. The number of piperazine rings is 1. The molecular formula is C11H16N6. The van der Waals surface area contributed by atoms with E-state index in [0.717, 1.165) is 36.5 Å². The average molecular weight is 232 g/mol. The number of aryl methyl sites for hydroxylation is 1. The van der Waals surface area contributed by atoms with Crippen LogP contribution in [0.5, 0.6) is 0 Å². The number of rotatable bonds is 1. The maximum absolute atomic E-state index is 4.41. The third-order valence-electron chi connectivity index (χ3n) is 3.18. The minimum atomic E-state index is 0.491. The molecule has 90 valence electrons. The summed E-state index contributed by atoms with van der Waals surface area (Å²) in [5.41, 5.74) is 0.890. The Morgan fingerprint density at radius 2 is 2.29 bits per heavy atom. The van der Waals surface area contributed by atoms with Crippen molar-refractivity contribution in [3.63, 3.8) is 0 Å². The van der Waals surface area contributed by atoms with Crippen molar-refractivity contribution in [1.82, 2.24) is 25.1 Å². The number of nitrogens with one attached hydrogen (secondary N) is 1. The van der Waals surface area contributed by atoms with E-state index in [1.807, 2.05) is 13.2 Å². The van der Waals surface area contributed by atoms with Crippen LogP contribution in [-0.2, 0) is 7.05 Å². The molecule has 0 saturated carbocycles. The van der Waals surface area contributed by atoms with Gasteiger partial charge in [-0.25, -0.2) is 9.97 Å². The lowest BCUT2D eigenvalue weighted by molar-refractivity contribution is 0.483. The average Bonchev–Trinajstić information content (AvgIpc) is 2.71. The third-order valence-corrected chi connectivity index (χ3v) is 3.18. The lowest BCUT2D eigenvalue weighted by Crippen LogP contribution is -2.49. The van der Waals surface area contributed by atoms with E-state index >= 15 is 0 Å². The molecule has 0 radical (unpaired) electrons. The molecule has 0 aliphatic carbocycles. The fraction of sp³-hybridized carbons (Fsp3) is 0.545. The Balaban J connectivity index is 2.04. The first-order chi connectivity index (χ1) is 8.25. The molecule has 1 aliphatic heterocycles. The van der Waals surface area contributed by atoms with Crippen molar-refractivity contribution in [2.75, 3.05) is 24.5 Å². The summed E-state index contributed by atoms with van der Waals surface area (Å²) in [7, 11) is 1.90. The lowest BCUT2D eigenvalue weighted by atomic mass is 10.2. The third kappa shape index (κ3) is 1.74. The van der Waals surface area contributed by atoms with E-state index in [-0.39, 0.29) is 0 Å². The normalized spacial score (nSPS) is 21.1. The topological polar surface area (TPSA) is 58.9 Å². The van der Waals surface area contributed by atoms with Crippen molar-refractivity contribution < 1.29 is 0 Å². The van der Waals surface area contributed by atoms with Crippen molar-refractivity contribution in [1.29, 1.82) is 0 Å². The minimum absolute atomic E-state index is 0.491. The first kappa shape index (κ1) is 10.5. The zero-order chi connectivity index (χ0) is 11.8. The van der Waals surface area contributed by atoms with Gasteiger partial charge in [0.2, 0.25) is 0 Å². The fourth-order valence-electron chi connectivity index (χ4n) is 2.33. The fourth-order valence-corrected chi connectivity index (χ4v) is 2.33. The van der Waals surface area contributed by atoms with Gasteiger partial charge in [0.25, 0.3) is 0 Å². The highest BCUT2D eigenvalue weighted by Crippen LogP contribution is 2.22. The quantitative estimate of drug-likeness (QED) is 0.759. The molecule has 1 atom stereocenters. The SMILES string of the molecule is C[C@H]1CN(c2ncnc3c2cnn3C)CCN1. The maximum atomic E-state index is 4.41. The van der Waals surface area contributed by atoms with E-state index in [4.69, 9.17) is 0 Å². The summed E-state index contributed by atoms with van der Waals surface area (Å²) < 4.78 is 1.78. The van der Waals surface area contributed by atoms with Gasteiger partial charge in [0, 0.05) is 32.7 Å². The van der Waals surface area contributed by atoms with Gasteiger partial charge < -0.3 is 10.2 Å². The van der Waals surface area contributed by atoms with E-state index in [9.17, 15) is 0 Å². The van der Waals surface area contributed by atoms with Gasteiger partial charge in [-0.15, -0.1) is 0 Å². The molecule has 0 unspecified atom stereocenters. The van der Waals surface area contributed by atoms with Gasteiger partial charge in [-0.2, -0.15) is 5.10 Å². The molecule has 17 heavy (non-hydrogen) atoms. The Morgan fingerprint density at radius 1 is 1.41 bits per heavy atom. The smallest absolute Gasteiger partial charge is 0.163 e. The molecule has 0 spiro atoms. The van der Waals surface area contributed by atoms with E-state index in [0.29, 0.717) is 6.04 Å². The van der Waals surface area contributed by atoms with E-state index < -0.39 is 0 Å². The predicted molar refractivity (Wildman–Crippen MR) is 66.0 cm³/mol. The molecule has 2 aromatic heterocycles. The Kier molecular flexibility index (Phi) is 2.44. The summed E-state index contributed by atoms with van der Waals surface area (Å²) >= 11 is 0. The highest BCUT2D eigenvalue weighted by atomic mass is 15.3. The van der Waals surface area contributed by atoms with Gasteiger partial charge >= 0.3 is 0 Å². The molecule has 3 heterocycles. The molecule has 1 saturated heterocycles. The number of anilines is 1. The Hall–Kier alpha value is -1.69. The molecule has 0 amide bonds. The van der Waals surface area contributed by atoms with Crippen LogP contribution in [0.2, 0.25) is 0 Å². The summed E-state index contributed by atoms with van der Waals surface area (Å²) in [5.74, 6) is 0.997. The monoisotopic (exact) mass is 232 g/mol. The molecular weight excluding hydrogens is 216 g/mol. The number of aromatic nitrogens is 4.